The summed E-state index contributed by atoms with van der Waals surface area (Å²) in [6.45, 7) is 2.13. The summed E-state index contributed by atoms with van der Waals surface area (Å²) in [5.74, 6) is 0. The van der Waals surface area contributed by atoms with Crippen molar-refractivity contribution in [3.8, 4) is 5.69 Å². The van der Waals surface area contributed by atoms with Gasteiger partial charge in [-0.15, -0.1) is 0 Å². The number of aryl methyl sites for hydroxylation is 1. The number of aromatic nitrogens is 2. The highest BCUT2D eigenvalue weighted by atomic mass is 32.1. The van der Waals surface area contributed by atoms with Gasteiger partial charge >= 0.3 is 0 Å². The number of thiocarbonyl (C=S) groups is 1. The summed E-state index contributed by atoms with van der Waals surface area (Å²) >= 11 is 5.82. The van der Waals surface area contributed by atoms with Crippen LogP contribution in [0.15, 0.2) is 91.3 Å². The maximum absolute atomic E-state index is 11.1. The summed E-state index contributed by atoms with van der Waals surface area (Å²) in [5.41, 5.74) is 5.04. The lowest BCUT2D eigenvalue weighted by Gasteiger charge is -2.29. The molecule has 2 atom stereocenters. The Bertz CT molecular complexity index is 1320. The molecule has 0 amide bonds. The molecule has 2 aromatic carbocycles. The highest BCUT2D eigenvalue weighted by Crippen LogP contribution is 2.42. The third-order valence-corrected chi connectivity index (χ3v) is 6.46. The molecule has 34 heavy (non-hydrogen) atoms. The second kappa shape index (κ2) is 9.07. The van der Waals surface area contributed by atoms with Crippen molar-refractivity contribution in [3.05, 3.63) is 118 Å². The molecule has 3 heterocycles. The Kier molecular flexibility index (Phi) is 5.81. The summed E-state index contributed by atoms with van der Waals surface area (Å²) < 4.78 is 2.05. The van der Waals surface area contributed by atoms with Crippen molar-refractivity contribution in [2.24, 2.45) is 0 Å². The number of hydrogen-bond acceptors (Lipinski definition) is 4. The molecule has 1 saturated heterocycles. The molecule has 8 heteroatoms. The first-order valence-electron chi connectivity index (χ1n) is 11.1. The molecule has 2 unspecified atom stereocenters. The zero-order chi connectivity index (χ0) is 23.7. The molecule has 1 aliphatic rings. The number of hydrogen-bond donors (Lipinski definition) is 1. The lowest BCUT2D eigenvalue weighted by molar-refractivity contribution is -0.384. The van der Waals surface area contributed by atoms with Gasteiger partial charge < -0.3 is 14.8 Å². The van der Waals surface area contributed by atoms with E-state index < -0.39 is 4.92 Å². The Balaban J connectivity index is 1.62. The summed E-state index contributed by atoms with van der Waals surface area (Å²) in [5, 5.41) is 15.2. The molecule has 0 saturated carbocycles. The molecule has 1 N–H and O–H groups in total. The monoisotopic (exact) mass is 469 g/mol. The number of nitrogens with one attached hydrogen (secondary N) is 1. The SMILES string of the molecule is CCc1ccc(N2C(=S)NC(c3ccccn3)C2c2cccn2-c2ccc([N+](=O)[O-])cc2)cc1. The van der Waals surface area contributed by atoms with Crippen LogP contribution >= 0.6 is 12.2 Å². The first-order valence-corrected chi connectivity index (χ1v) is 11.5. The van der Waals surface area contributed by atoms with E-state index in [0.717, 1.165) is 29.2 Å². The average molecular weight is 470 g/mol. The normalized spacial score (nSPS) is 17.6. The van der Waals surface area contributed by atoms with Gasteiger partial charge in [0.2, 0.25) is 0 Å². The van der Waals surface area contributed by atoms with E-state index in [-0.39, 0.29) is 17.8 Å². The Hall–Kier alpha value is -4.04. The topological polar surface area (TPSA) is 76.2 Å². The molecule has 2 aromatic heterocycles. The predicted molar refractivity (Wildman–Crippen MR) is 136 cm³/mol. The molecule has 7 nitrogen and oxygen atoms in total. The van der Waals surface area contributed by atoms with Crippen LogP contribution in [-0.2, 0) is 6.42 Å². The van der Waals surface area contributed by atoms with Gasteiger partial charge in [-0.1, -0.05) is 25.1 Å². The predicted octanol–water partition coefficient (Wildman–Crippen LogP) is 5.52. The molecule has 5 rings (SSSR count). The first kappa shape index (κ1) is 21.8. The highest BCUT2D eigenvalue weighted by Gasteiger charge is 2.42. The number of pyridine rings is 1. The van der Waals surface area contributed by atoms with E-state index >= 15 is 0 Å². The Morgan fingerprint density at radius 1 is 1.00 bits per heavy atom. The Morgan fingerprint density at radius 2 is 1.74 bits per heavy atom. The van der Waals surface area contributed by atoms with Crippen LogP contribution in [0.2, 0.25) is 0 Å². The third kappa shape index (κ3) is 3.92. The molecular weight excluding hydrogens is 446 g/mol. The van der Waals surface area contributed by atoms with Crippen LogP contribution in [0.1, 0.15) is 36.0 Å². The van der Waals surface area contributed by atoms with Gasteiger partial charge in [-0.05, 0) is 72.7 Å². The average Bonchev–Trinajstić information content (AvgIpc) is 3.49. The smallest absolute Gasteiger partial charge is 0.269 e. The lowest BCUT2D eigenvalue weighted by Crippen LogP contribution is -2.30. The third-order valence-electron chi connectivity index (χ3n) is 6.14. The van der Waals surface area contributed by atoms with Gasteiger partial charge in [0.15, 0.2) is 5.11 Å². The molecule has 0 radical (unpaired) electrons. The van der Waals surface area contributed by atoms with E-state index in [1.165, 1.54) is 17.7 Å². The van der Waals surface area contributed by atoms with Crippen LogP contribution in [0.25, 0.3) is 5.69 Å². The van der Waals surface area contributed by atoms with Crippen molar-refractivity contribution in [3.63, 3.8) is 0 Å². The summed E-state index contributed by atoms with van der Waals surface area (Å²) in [4.78, 5) is 17.5. The van der Waals surface area contributed by atoms with Crippen LogP contribution in [0.3, 0.4) is 0 Å². The van der Waals surface area contributed by atoms with Crippen LogP contribution in [-0.4, -0.2) is 19.6 Å². The Labute approximate surface area is 202 Å². The number of non-ortho nitro benzene ring substituents is 1. The summed E-state index contributed by atoms with van der Waals surface area (Å²) in [6.07, 6.45) is 4.71. The van der Waals surface area contributed by atoms with Crippen molar-refractivity contribution in [2.75, 3.05) is 4.90 Å². The molecule has 170 valence electrons. The minimum atomic E-state index is -0.390. The van der Waals surface area contributed by atoms with Crippen LogP contribution in [0, 0.1) is 10.1 Å². The maximum atomic E-state index is 11.1. The maximum Gasteiger partial charge on any atom is 0.269 e. The van der Waals surface area contributed by atoms with Crippen LogP contribution in [0.5, 0.6) is 0 Å². The van der Waals surface area contributed by atoms with E-state index in [0.29, 0.717) is 5.11 Å². The first-order chi connectivity index (χ1) is 16.6. The summed E-state index contributed by atoms with van der Waals surface area (Å²) in [7, 11) is 0. The van der Waals surface area contributed by atoms with Crippen molar-refractivity contribution in [1.82, 2.24) is 14.9 Å². The zero-order valence-electron chi connectivity index (χ0n) is 18.5. The van der Waals surface area contributed by atoms with Gasteiger partial charge in [-0.25, -0.2) is 0 Å². The van der Waals surface area contributed by atoms with Crippen LogP contribution in [0.4, 0.5) is 11.4 Å². The summed E-state index contributed by atoms with van der Waals surface area (Å²) in [6, 6.07) is 24.6. The van der Waals surface area contributed by atoms with Gasteiger partial charge in [-0.3, -0.25) is 15.1 Å². The van der Waals surface area contributed by atoms with Crippen molar-refractivity contribution < 1.29 is 4.92 Å². The van der Waals surface area contributed by atoms with Crippen molar-refractivity contribution >= 4 is 28.7 Å². The molecule has 0 aliphatic carbocycles. The van der Waals surface area contributed by atoms with Gasteiger partial charge in [0.1, 0.15) is 6.04 Å². The highest BCUT2D eigenvalue weighted by molar-refractivity contribution is 7.80. The molecule has 0 spiro atoms. The van der Waals surface area contributed by atoms with Crippen molar-refractivity contribution in [1.29, 1.82) is 0 Å². The second-order valence-electron chi connectivity index (χ2n) is 8.09. The molecular formula is C26H23N5O2S. The van der Waals surface area contributed by atoms with Gasteiger partial charge in [0.05, 0.1) is 16.7 Å². The quantitative estimate of drug-likeness (QED) is 0.228. The number of anilines is 1. The van der Waals surface area contributed by atoms with Gasteiger partial charge in [-0.2, -0.15) is 0 Å². The molecule has 4 aromatic rings. The number of nitro benzene ring substituents is 1. The molecule has 0 bridgehead atoms. The largest absolute Gasteiger partial charge is 0.351 e. The number of nitro groups is 1. The van der Waals surface area contributed by atoms with E-state index in [9.17, 15) is 10.1 Å². The standard InChI is InChI=1S/C26H23N5O2S/c1-2-18-8-10-20(11-9-18)30-25(24(28-26(30)34)22-6-3-4-16-27-22)23-7-5-17-29(23)19-12-14-21(15-13-19)31(32)33/h3-17,24-25H,2H2,1H3,(H,28,34). The second-order valence-corrected chi connectivity index (χ2v) is 8.48. The molecule has 1 fully saturated rings. The minimum absolute atomic E-state index is 0.0603. The fourth-order valence-electron chi connectivity index (χ4n) is 4.43. The lowest BCUT2D eigenvalue weighted by atomic mass is 10.0. The van der Waals surface area contributed by atoms with E-state index in [2.05, 4.69) is 52.5 Å². The van der Waals surface area contributed by atoms with Gasteiger partial charge in [0, 0.05) is 41.6 Å². The fraction of sp³-hybridized carbons (Fsp3) is 0.154. The van der Waals surface area contributed by atoms with Crippen LogP contribution < -0.4 is 10.2 Å². The van der Waals surface area contributed by atoms with E-state index in [4.69, 9.17) is 12.2 Å². The fourth-order valence-corrected chi connectivity index (χ4v) is 4.78. The van der Waals surface area contributed by atoms with Gasteiger partial charge in [0.25, 0.3) is 5.69 Å². The molecule has 1 aliphatic heterocycles. The van der Waals surface area contributed by atoms with E-state index in [1.54, 1.807) is 18.3 Å². The van der Waals surface area contributed by atoms with Crippen molar-refractivity contribution in [2.45, 2.75) is 25.4 Å². The zero-order valence-corrected chi connectivity index (χ0v) is 19.4. The number of benzene rings is 2. The minimum Gasteiger partial charge on any atom is -0.351 e. The Morgan fingerprint density at radius 3 is 2.38 bits per heavy atom. The number of rotatable bonds is 6. The van der Waals surface area contributed by atoms with E-state index in [1.807, 2.05) is 35.0 Å². The number of nitrogens with zero attached hydrogens (tertiary/aromatic N) is 4.